The summed E-state index contributed by atoms with van der Waals surface area (Å²) >= 11 is 0. The standard InChI is InChI=1S/C10H18O7/c1-3-4(2)16-10-7(13)5(11)6(12)8(17-10)9(14)15/h4-8,10-13H,3H2,1-2H3,(H,14,15)/t4?,5-,6+,7?,8?,10-/m0/s1. The molecule has 0 spiro atoms. The van der Waals surface area contributed by atoms with Crippen molar-refractivity contribution in [3.63, 3.8) is 0 Å². The molecule has 0 saturated carbocycles. The van der Waals surface area contributed by atoms with E-state index >= 15 is 0 Å². The van der Waals surface area contributed by atoms with Crippen LogP contribution in [0.5, 0.6) is 0 Å². The molecule has 0 aromatic rings. The first-order chi connectivity index (χ1) is 7.88. The quantitative estimate of drug-likeness (QED) is 0.489. The minimum Gasteiger partial charge on any atom is -0.479 e. The second kappa shape index (κ2) is 5.74. The summed E-state index contributed by atoms with van der Waals surface area (Å²) in [6.45, 7) is 3.57. The second-order valence-electron chi connectivity index (χ2n) is 4.09. The van der Waals surface area contributed by atoms with Crippen molar-refractivity contribution in [2.45, 2.75) is 57.1 Å². The van der Waals surface area contributed by atoms with Crippen LogP contribution < -0.4 is 0 Å². The molecule has 7 nitrogen and oxygen atoms in total. The van der Waals surface area contributed by atoms with E-state index in [1.807, 2.05) is 6.92 Å². The SMILES string of the molecule is CCC(C)O[C@H]1OC(C(=O)O)[C@H](O)[C@H](O)C1O. The van der Waals surface area contributed by atoms with Gasteiger partial charge in [-0.2, -0.15) is 0 Å². The molecule has 0 bridgehead atoms. The Morgan fingerprint density at radius 1 is 1.29 bits per heavy atom. The van der Waals surface area contributed by atoms with Gasteiger partial charge in [0.2, 0.25) is 0 Å². The number of carbonyl (C=O) groups is 1. The van der Waals surface area contributed by atoms with E-state index in [1.54, 1.807) is 6.92 Å². The molecule has 0 aromatic heterocycles. The molecule has 1 aliphatic heterocycles. The zero-order chi connectivity index (χ0) is 13.2. The van der Waals surface area contributed by atoms with Gasteiger partial charge < -0.3 is 29.9 Å². The van der Waals surface area contributed by atoms with Gasteiger partial charge in [-0.15, -0.1) is 0 Å². The first-order valence-electron chi connectivity index (χ1n) is 5.46. The molecular weight excluding hydrogens is 232 g/mol. The van der Waals surface area contributed by atoms with Crippen LogP contribution in [-0.4, -0.2) is 63.2 Å². The van der Waals surface area contributed by atoms with Gasteiger partial charge in [0.05, 0.1) is 6.10 Å². The number of aliphatic hydroxyl groups is 3. The number of hydrogen-bond acceptors (Lipinski definition) is 6. The van der Waals surface area contributed by atoms with Crippen LogP contribution in [0.3, 0.4) is 0 Å². The van der Waals surface area contributed by atoms with Crippen LogP contribution in [0.15, 0.2) is 0 Å². The third-order valence-electron chi connectivity index (χ3n) is 2.75. The monoisotopic (exact) mass is 250 g/mol. The van der Waals surface area contributed by atoms with E-state index in [2.05, 4.69) is 0 Å². The van der Waals surface area contributed by atoms with Gasteiger partial charge in [0.1, 0.15) is 18.3 Å². The highest BCUT2D eigenvalue weighted by molar-refractivity contribution is 5.73. The summed E-state index contributed by atoms with van der Waals surface area (Å²) in [6.07, 6.45) is -7.26. The number of carboxylic acids is 1. The Morgan fingerprint density at radius 3 is 2.35 bits per heavy atom. The number of aliphatic carboxylic acids is 1. The lowest BCUT2D eigenvalue weighted by Crippen LogP contribution is -2.60. The van der Waals surface area contributed by atoms with Crippen molar-refractivity contribution >= 4 is 5.97 Å². The molecule has 1 heterocycles. The van der Waals surface area contributed by atoms with Crippen LogP contribution in [0.4, 0.5) is 0 Å². The lowest BCUT2D eigenvalue weighted by Gasteiger charge is -2.39. The molecule has 0 aliphatic carbocycles. The molecule has 7 heteroatoms. The van der Waals surface area contributed by atoms with Crippen molar-refractivity contribution in [1.82, 2.24) is 0 Å². The van der Waals surface area contributed by atoms with Gasteiger partial charge in [-0.1, -0.05) is 6.92 Å². The zero-order valence-corrected chi connectivity index (χ0v) is 9.68. The highest BCUT2D eigenvalue weighted by Gasteiger charge is 2.47. The number of carboxylic acid groups (broad SMARTS) is 1. The summed E-state index contributed by atoms with van der Waals surface area (Å²) in [5.41, 5.74) is 0. The predicted molar refractivity (Wildman–Crippen MR) is 55.2 cm³/mol. The maximum absolute atomic E-state index is 10.8. The molecule has 17 heavy (non-hydrogen) atoms. The molecule has 100 valence electrons. The van der Waals surface area contributed by atoms with E-state index in [-0.39, 0.29) is 6.10 Å². The Hall–Kier alpha value is -0.730. The Balaban J connectivity index is 2.74. The molecule has 1 rings (SSSR count). The molecule has 0 aromatic carbocycles. The third-order valence-corrected chi connectivity index (χ3v) is 2.75. The molecule has 4 N–H and O–H groups in total. The molecular formula is C10H18O7. The number of ether oxygens (including phenoxy) is 2. The van der Waals surface area contributed by atoms with E-state index in [0.717, 1.165) is 0 Å². The van der Waals surface area contributed by atoms with Crippen molar-refractivity contribution in [2.75, 3.05) is 0 Å². The van der Waals surface area contributed by atoms with Crippen molar-refractivity contribution in [3.8, 4) is 0 Å². The number of hydrogen-bond donors (Lipinski definition) is 4. The maximum atomic E-state index is 10.8. The van der Waals surface area contributed by atoms with Gasteiger partial charge in [0.25, 0.3) is 0 Å². The summed E-state index contributed by atoms with van der Waals surface area (Å²) in [7, 11) is 0. The van der Waals surface area contributed by atoms with Crippen LogP contribution >= 0.6 is 0 Å². The van der Waals surface area contributed by atoms with Crippen molar-refractivity contribution in [1.29, 1.82) is 0 Å². The number of rotatable bonds is 4. The van der Waals surface area contributed by atoms with E-state index in [1.165, 1.54) is 0 Å². The van der Waals surface area contributed by atoms with Gasteiger partial charge in [0, 0.05) is 0 Å². The normalized spacial score (nSPS) is 39.9. The smallest absolute Gasteiger partial charge is 0.335 e. The fourth-order valence-electron chi connectivity index (χ4n) is 1.49. The van der Waals surface area contributed by atoms with Gasteiger partial charge in [-0.25, -0.2) is 4.79 Å². The molecule has 3 unspecified atom stereocenters. The van der Waals surface area contributed by atoms with Gasteiger partial charge >= 0.3 is 5.97 Å². The van der Waals surface area contributed by atoms with Crippen molar-refractivity contribution in [3.05, 3.63) is 0 Å². The van der Waals surface area contributed by atoms with Crippen LogP contribution in [0.25, 0.3) is 0 Å². The van der Waals surface area contributed by atoms with E-state index in [0.29, 0.717) is 6.42 Å². The minimum absolute atomic E-state index is 0.258. The van der Waals surface area contributed by atoms with Crippen LogP contribution in [0.2, 0.25) is 0 Å². The van der Waals surface area contributed by atoms with Gasteiger partial charge in [-0.3, -0.25) is 0 Å². The highest BCUT2D eigenvalue weighted by atomic mass is 16.7. The highest BCUT2D eigenvalue weighted by Crippen LogP contribution is 2.23. The molecule has 0 amide bonds. The molecule has 6 atom stereocenters. The van der Waals surface area contributed by atoms with E-state index < -0.39 is 36.7 Å². The predicted octanol–water partition coefficient (Wildman–Crippen LogP) is -1.31. The topological polar surface area (TPSA) is 116 Å². The Bertz CT molecular complexity index is 269. The summed E-state index contributed by atoms with van der Waals surface area (Å²) in [5, 5.41) is 37.3. The molecule has 1 saturated heterocycles. The largest absolute Gasteiger partial charge is 0.479 e. The fraction of sp³-hybridized carbons (Fsp3) is 0.900. The molecule has 0 radical (unpaired) electrons. The fourth-order valence-corrected chi connectivity index (χ4v) is 1.49. The van der Waals surface area contributed by atoms with Crippen molar-refractivity contribution in [2.24, 2.45) is 0 Å². The lowest BCUT2D eigenvalue weighted by molar-refractivity contribution is -0.303. The van der Waals surface area contributed by atoms with Crippen molar-refractivity contribution < 1.29 is 34.7 Å². The van der Waals surface area contributed by atoms with Crippen LogP contribution in [-0.2, 0) is 14.3 Å². The van der Waals surface area contributed by atoms with Crippen LogP contribution in [0.1, 0.15) is 20.3 Å². The average molecular weight is 250 g/mol. The first kappa shape index (κ1) is 14.3. The van der Waals surface area contributed by atoms with E-state index in [4.69, 9.17) is 14.6 Å². The van der Waals surface area contributed by atoms with Gasteiger partial charge in [0.15, 0.2) is 12.4 Å². The molecule has 1 fully saturated rings. The maximum Gasteiger partial charge on any atom is 0.335 e. The summed E-state index contributed by atoms with van der Waals surface area (Å²) < 4.78 is 10.2. The Labute approximate surface area is 98.6 Å². The minimum atomic E-state index is -1.68. The molecule has 1 aliphatic rings. The van der Waals surface area contributed by atoms with E-state index in [9.17, 15) is 20.1 Å². The Kier molecular flexibility index (Phi) is 4.84. The van der Waals surface area contributed by atoms with Gasteiger partial charge in [-0.05, 0) is 13.3 Å². The summed E-state index contributed by atoms with van der Waals surface area (Å²) in [4.78, 5) is 10.8. The number of aliphatic hydroxyl groups excluding tert-OH is 3. The zero-order valence-electron chi connectivity index (χ0n) is 9.68. The third kappa shape index (κ3) is 3.14. The Morgan fingerprint density at radius 2 is 1.88 bits per heavy atom. The second-order valence-corrected chi connectivity index (χ2v) is 4.09. The van der Waals surface area contributed by atoms with Crippen LogP contribution in [0, 0.1) is 0 Å². The summed E-state index contributed by atoms with van der Waals surface area (Å²) in [5.74, 6) is -1.42. The average Bonchev–Trinajstić information content (AvgIpc) is 2.29. The lowest BCUT2D eigenvalue weighted by atomic mass is 9.99. The first-order valence-corrected chi connectivity index (χ1v) is 5.46. The summed E-state index contributed by atoms with van der Waals surface area (Å²) in [6, 6.07) is 0.